The van der Waals surface area contributed by atoms with Crippen molar-refractivity contribution in [3.8, 4) is 5.88 Å². The lowest BCUT2D eigenvalue weighted by Crippen LogP contribution is -2.35. The van der Waals surface area contributed by atoms with E-state index >= 15 is 0 Å². The zero-order valence-electron chi connectivity index (χ0n) is 12.8. The molecule has 0 aliphatic carbocycles. The summed E-state index contributed by atoms with van der Waals surface area (Å²) in [7, 11) is 1.50. The van der Waals surface area contributed by atoms with Gasteiger partial charge in [-0.05, 0) is 12.1 Å². The third-order valence-electron chi connectivity index (χ3n) is 3.50. The van der Waals surface area contributed by atoms with Gasteiger partial charge in [0.2, 0.25) is 11.8 Å². The summed E-state index contributed by atoms with van der Waals surface area (Å²) in [6.45, 7) is 2.50. The number of aromatic nitrogens is 2. The Morgan fingerprint density at radius 2 is 2.26 bits per heavy atom. The molecular formula is C15H16N4O3S. The van der Waals surface area contributed by atoms with Crippen molar-refractivity contribution in [3.05, 3.63) is 34.5 Å². The summed E-state index contributed by atoms with van der Waals surface area (Å²) >= 11 is 1.41. The average Bonchev–Trinajstić information content (AvgIpc) is 2.94. The van der Waals surface area contributed by atoms with Gasteiger partial charge >= 0.3 is 0 Å². The van der Waals surface area contributed by atoms with Gasteiger partial charge in [-0.1, -0.05) is 11.3 Å². The summed E-state index contributed by atoms with van der Waals surface area (Å²) in [4.78, 5) is 35.0. The van der Waals surface area contributed by atoms with Crippen LogP contribution in [0.2, 0.25) is 0 Å². The first-order chi connectivity index (χ1) is 11.1. The smallest absolute Gasteiger partial charge is 0.259 e. The number of nitrogens with zero attached hydrogens (tertiary/aromatic N) is 3. The first-order valence-corrected chi connectivity index (χ1v) is 7.94. The number of hydrogen-bond acceptors (Lipinski definition) is 6. The molecule has 1 aliphatic rings. The fourth-order valence-electron chi connectivity index (χ4n) is 2.46. The molecule has 0 fully saturated rings. The maximum atomic E-state index is 12.7. The van der Waals surface area contributed by atoms with Crippen molar-refractivity contribution in [2.45, 2.75) is 19.9 Å². The van der Waals surface area contributed by atoms with Crippen LogP contribution >= 0.6 is 11.3 Å². The highest BCUT2D eigenvalue weighted by atomic mass is 32.1. The van der Waals surface area contributed by atoms with E-state index in [0.29, 0.717) is 36.1 Å². The summed E-state index contributed by atoms with van der Waals surface area (Å²) in [5, 5.41) is 3.27. The molecule has 2 aromatic heterocycles. The Morgan fingerprint density at radius 1 is 1.43 bits per heavy atom. The number of pyridine rings is 1. The second-order valence-electron chi connectivity index (χ2n) is 5.11. The Morgan fingerprint density at radius 3 is 3.00 bits per heavy atom. The van der Waals surface area contributed by atoms with E-state index < -0.39 is 0 Å². The lowest BCUT2D eigenvalue weighted by atomic mass is 10.1. The van der Waals surface area contributed by atoms with Crippen molar-refractivity contribution >= 4 is 28.3 Å². The number of ether oxygens (including phenoxy) is 1. The molecule has 120 valence electrons. The van der Waals surface area contributed by atoms with Gasteiger partial charge in [0.25, 0.3) is 5.91 Å². The fourth-order valence-corrected chi connectivity index (χ4v) is 3.53. The SMILES string of the molecule is COc1ncccc1C(=O)N1CCc2nc(NC(C)=O)sc2C1. The largest absolute Gasteiger partial charge is 0.480 e. The number of thiazole rings is 1. The predicted octanol–water partition coefficient (Wildman–Crippen LogP) is 1.70. The predicted molar refractivity (Wildman–Crippen MR) is 85.7 cm³/mol. The molecule has 0 aromatic carbocycles. The zero-order valence-corrected chi connectivity index (χ0v) is 13.6. The lowest BCUT2D eigenvalue weighted by molar-refractivity contribution is -0.114. The van der Waals surface area contributed by atoms with Crippen LogP contribution in [0, 0.1) is 0 Å². The van der Waals surface area contributed by atoms with Gasteiger partial charge in [-0.15, -0.1) is 0 Å². The number of carbonyl (C=O) groups is 2. The van der Waals surface area contributed by atoms with Crippen LogP contribution in [0.5, 0.6) is 5.88 Å². The number of rotatable bonds is 3. The number of amides is 2. The van der Waals surface area contributed by atoms with E-state index in [1.54, 1.807) is 23.2 Å². The van der Waals surface area contributed by atoms with Crippen LogP contribution in [0.1, 0.15) is 27.9 Å². The van der Waals surface area contributed by atoms with Crippen molar-refractivity contribution in [1.29, 1.82) is 0 Å². The van der Waals surface area contributed by atoms with Crippen molar-refractivity contribution in [2.75, 3.05) is 19.0 Å². The maximum absolute atomic E-state index is 12.7. The first kappa shape index (κ1) is 15.4. The first-order valence-electron chi connectivity index (χ1n) is 7.13. The topological polar surface area (TPSA) is 84.4 Å². The molecule has 1 aliphatic heterocycles. The van der Waals surface area contributed by atoms with E-state index in [1.807, 2.05) is 0 Å². The third kappa shape index (κ3) is 3.16. The molecule has 0 saturated carbocycles. The molecule has 23 heavy (non-hydrogen) atoms. The molecule has 0 radical (unpaired) electrons. The highest BCUT2D eigenvalue weighted by Gasteiger charge is 2.27. The Hall–Kier alpha value is -2.48. The summed E-state index contributed by atoms with van der Waals surface area (Å²) in [6.07, 6.45) is 2.26. The number of anilines is 1. The van der Waals surface area contributed by atoms with E-state index in [1.165, 1.54) is 25.4 Å². The van der Waals surface area contributed by atoms with E-state index in [4.69, 9.17) is 4.74 Å². The minimum absolute atomic E-state index is 0.116. The Balaban J connectivity index is 1.80. The van der Waals surface area contributed by atoms with Crippen molar-refractivity contribution < 1.29 is 14.3 Å². The van der Waals surface area contributed by atoms with Crippen LogP contribution < -0.4 is 10.1 Å². The quantitative estimate of drug-likeness (QED) is 0.925. The van der Waals surface area contributed by atoms with E-state index in [0.717, 1.165) is 10.6 Å². The van der Waals surface area contributed by atoms with Gasteiger partial charge in [-0.3, -0.25) is 9.59 Å². The Labute approximate surface area is 137 Å². The van der Waals surface area contributed by atoms with Gasteiger partial charge in [0, 0.05) is 31.0 Å². The van der Waals surface area contributed by atoms with E-state index in [9.17, 15) is 9.59 Å². The number of hydrogen-bond donors (Lipinski definition) is 1. The van der Waals surface area contributed by atoms with Crippen molar-refractivity contribution in [1.82, 2.24) is 14.9 Å². The summed E-state index contributed by atoms with van der Waals surface area (Å²) < 4.78 is 5.16. The molecule has 1 N–H and O–H groups in total. The number of fused-ring (bicyclic) bond motifs is 1. The minimum atomic E-state index is -0.149. The number of methoxy groups -OCH3 is 1. The molecule has 2 aromatic rings. The zero-order chi connectivity index (χ0) is 16.4. The van der Waals surface area contributed by atoms with Crippen molar-refractivity contribution in [2.24, 2.45) is 0 Å². The molecule has 7 nitrogen and oxygen atoms in total. The molecule has 0 unspecified atom stereocenters. The second-order valence-corrected chi connectivity index (χ2v) is 6.19. The lowest BCUT2D eigenvalue weighted by Gasteiger charge is -2.26. The minimum Gasteiger partial charge on any atom is -0.480 e. The molecule has 2 amide bonds. The van der Waals surface area contributed by atoms with Gasteiger partial charge < -0.3 is 15.0 Å². The van der Waals surface area contributed by atoms with Gasteiger partial charge in [0.05, 0.1) is 19.3 Å². The molecule has 8 heteroatoms. The molecule has 0 bridgehead atoms. The summed E-state index contributed by atoms with van der Waals surface area (Å²) in [5.74, 6) is 0.0609. The van der Waals surface area contributed by atoms with Crippen LogP contribution in [0.25, 0.3) is 0 Å². The van der Waals surface area contributed by atoms with Gasteiger partial charge in [-0.2, -0.15) is 0 Å². The standard InChI is InChI=1S/C15H16N4O3S/c1-9(20)17-15-18-11-5-7-19(8-12(11)23-15)14(21)10-4-3-6-16-13(10)22-2/h3-4,6H,5,7-8H2,1-2H3,(H,17,18,20). The number of nitrogens with one attached hydrogen (secondary N) is 1. The highest BCUT2D eigenvalue weighted by molar-refractivity contribution is 7.15. The van der Waals surface area contributed by atoms with Crippen molar-refractivity contribution in [3.63, 3.8) is 0 Å². The van der Waals surface area contributed by atoms with E-state index in [2.05, 4.69) is 15.3 Å². The number of carbonyl (C=O) groups excluding carboxylic acids is 2. The highest BCUT2D eigenvalue weighted by Crippen LogP contribution is 2.29. The molecule has 0 spiro atoms. The Kier molecular flexibility index (Phi) is 4.24. The summed E-state index contributed by atoms with van der Waals surface area (Å²) in [6, 6.07) is 3.42. The molecule has 0 atom stereocenters. The van der Waals surface area contributed by atoms with Crippen LogP contribution in [0.4, 0.5) is 5.13 Å². The molecular weight excluding hydrogens is 316 g/mol. The van der Waals surface area contributed by atoms with Crippen LogP contribution in [0.15, 0.2) is 18.3 Å². The monoisotopic (exact) mass is 332 g/mol. The summed E-state index contributed by atoms with van der Waals surface area (Å²) in [5.41, 5.74) is 1.39. The fraction of sp³-hybridized carbons (Fsp3) is 0.333. The van der Waals surface area contributed by atoms with Crippen LogP contribution in [-0.4, -0.2) is 40.3 Å². The maximum Gasteiger partial charge on any atom is 0.259 e. The van der Waals surface area contributed by atoms with Crippen LogP contribution in [-0.2, 0) is 17.8 Å². The molecule has 3 rings (SSSR count). The third-order valence-corrected chi connectivity index (χ3v) is 4.49. The Bertz CT molecular complexity index is 759. The van der Waals surface area contributed by atoms with E-state index in [-0.39, 0.29) is 11.8 Å². The molecule has 3 heterocycles. The van der Waals surface area contributed by atoms with Gasteiger partial charge in [0.15, 0.2) is 5.13 Å². The molecule has 0 saturated heterocycles. The van der Waals surface area contributed by atoms with Crippen LogP contribution in [0.3, 0.4) is 0 Å². The van der Waals surface area contributed by atoms with Gasteiger partial charge in [0.1, 0.15) is 5.56 Å². The normalized spacial score (nSPS) is 13.4. The van der Waals surface area contributed by atoms with Gasteiger partial charge in [-0.25, -0.2) is 9.97 Å². The second kappa shape index (κ2) is 6.33. The average molecular weight is 332 g/mol.